The third-order valence-corrected chi connectivity index (χ3v) is 6.29. The Labute approximate surface area is 148 Å². The van der Waals surface area contributed by atoms with Crippen LogP contribution in [0, 0.1) is 22.7 Å². The summed E-state index contributed by atoms with van der Waals surface area (Å²) < 4.78 is 2.62. The van der Waals surface area contributed by atoms with Gasteiger partial charge in [-0.25, -0.2) is 9.50 Å². The Balaban J connectivity index is 2.03. The van der Waals surface area contributed by atoms with Gasteiger partial charge in [0, 0.05) is 17.0 Å². The van der Waals surface area contributed by atoms with Gasteiger partial charge in [0.15, 0.2) is 11.4 Å². The molecular formula is C18H17BrN4O. The number of Topliss-reactive ketones (excluding diaryl/α,β-unsaturated/α-hetero) is 1. The topological polar surface area (TPSA) is 71.0 Å². The lowest BCUT2D eigenvalue weighted by atomic mass is 9.52. The van der Waals surface area contributed by atoms with Gasteiger partial charge in [-0.1, -0.05) is 26.8 Å². The fraction of sp³-hybridized carbons (Fsp3) is 0.444. The maximum atomic E-state index is 12.7. The fourth-order valence-corrected chi connectivity index (χ4v) is 4.93. The average Bonchev–Trinajstić information content (AvgIpc) is 2.90. The second-order valence-corrected chi connectivity index (χ2v) is 8.32. The van der Waals surface area contributed by atoms with Gasteiger partial charge >= 0.3 is 0 Å². The first-order chi connectivity index (χ1) is 11.3. The van der Waals surface area contributed by atoms with Gasteiger partial charge in [0.1, 0.15) is 6.07 Å². The molecule has 2 aromatic heterocycles. The van der Waals surface area contributed by atoms with Crippen LogP contribution < -0.4 is 0 Å². The van der Waals surface area contributed by atoms with Gasteiger partial charge in [-0.15, -0.1) is 0 Å². The molecule has 0 amide bonds. The summed E-state index contributed by atoms with van der Waals surface area (Å²) in [6.45, 7) is 6.02. The Bertz CT molecular complexity index is 965. The van der Waals surface area contributed by atoms with E-state index >= 15 is 0 Å². The van der Waals surface area contributed by atoms with Gasteiger partial charge in [-0.2, -0.15) is 10.4 Å². The molecule has 0 N–H and O–H groups in total. The maximum absolute atomic E-state index is 12.7. The molecule has 4 rings (SSSR count). The van der Waals surface area contributed by atoms with E-state index in [2.05, 4.69) is 34.0 Å². The van der Waals surface area contributed by atoms with Crippen molar-refractivity contribution in [2.45, 2.75) is 39.0 Å². The van der Waals surface area contributed by atoms with E-state index in [4.69, 9.17) is 4.98 Å². The van der Waals surface area contributed by atoms with Crippen molar-refractivity contribution < 1.29 is 4.79 Å². The standard InChI is InChI=1S/C18H17BrN4O/c1-17(2)13-5-4-10-9-23-16(12(19)8-21-23)22-14(10)18(13,3)6-11(7-20)15(17)24/h6,8-9,13H,4-5H2,1-3H3/t13-,18-/m0/s1. The molecular weight excluding hydrogens is 368 g/mol. The lowest BCUT2D eigenvalue weighted by Gasteiger charge is -2.50. The molecule has 0 aromatic carbocycles. The summed E-state index contributed by atoms with van der Waals surface area (Å²) in [4.78, 5) is 17.6. The first kappa shape index (κ1) is 15.5. The van der Waals surface area contributed by atoms with Gasteiger partial charge in [-0.05, 0) is 40.3 Å². The van der Waals surface area contributed by atoms with E-state index in [1.165, 1.54) is 0 Å². The molecule has 0 unspecified atom stereocenters. The van der Waals surface area contributed by atoms with Crippen molar-refractivity contribution in [3.8, 4) is 6.07 Å². The molecule has 2 aromatic rings. The van der Waals surface area contributed by atoms with E-state index in [0.29, 0.717) is 0 Å². The van der Waals surface area contributed by atoms with Crippen molar-refractivity contribution in [3.63, 3.8) is 0 Å². The Hall–Kier alpha value is -2.00. The second kappa shape index (κ2) is 4.76. The number of carbonyl (C=O) groups is 1. The third-order valence-electron chi connectivity index (χ3n) is 5.73. The molecule has 6 heteroatoms. The maximum Gasteiger partial charge on any atom is 0.178 e. The van der Waals surface area contributed by atoms with Gasteiger partial charge in [0.2, 0.25) is 0 Å². The van der Waals surface area contributed by atoms with E-state index in [-0.39, 0.29) is 17.3 Å². The van der Waals surface area contributed by atoms with Crippen molar-refractivity contribution in [2.24, 2.45) is 11.3 Å². The normalized spacial score (nSPS) is 28.0. The largest absolute Gasteiger partial charge is 0.293 e. The fourth-order valence-electron chi connectivity index (χ4n) is 4.57. The van der Waals surface area contributed by atoms with E-state index in [1.807, 2.05) is 26.1 Å². The number of rotatable bonds is 0. The number of ketones is 1. The van der Waals surface area contributed by atoms with Crippen LogP contribution >= 0.6 is 15.9 Å². The highest BCUT2D eigenvalue weighted by Gasteiger charge is 2.54. The zero-order chi connectivity index (χ0) is 17.3. The monoisotopic (exact) mass is 384 g/mol. The predicted octanol–water partition coefficient (Wildman–Crippen LogP) is 3.37. The minimum Gasteiger partial charge on any atom is -0.293 e. The molecule has 0 spiro atoms. The predicted molar refractivity (Wildman–Crippen MR) is 92.3 cm³/mol. The Morgan fingerprint density at radius 3 is 2.88 bits per heavy atom. The summed E-state index contributed by atoms with van der Waals surface area (Å²) in [5.41, 5.74) is 2.10. The first-order valence-electron chi connectivity index (χ1n) is 8.00. The summed E-state index contributed by atoms with van der Waals surface area (Å²) in [5, 5.41) is 13.8. The molecule has 122 valence electrons. The van der Waals surface area contributed by atoms with E-state index in [1.54, 1.807) is 10.7 Å². The van der Waals surface area contributed by atoms with Crippen LogP contribution in [0.1, 0.15) is 38.4 Å². The Kier molecular flexibility index (Phi) is 3.08. The molecule has 2 atom stereocenters. The van der Waals surface area contributed by atoms with Crippen molar-refractivity contribution in [1.29, 1.82) is 5.26 Å². The molecule has 2 aliphatic rings. The number of halogens is 1. The SMILES string of the molecule is CC1(C)C(=O)C(C#N)=C[C@]2(C)c3nc4c(Br)cnn4cc3CC[C@@H]12. The number of aryl methyl sites for hydroxylation is 1. The van der Waals surface area contributed by atoms with Crippen LogP contribution in [0.2, 0.25) is 0 Å². The molecule has 0 saturated carbocycles. The van der Waals surface area contributed by atoms with Gasteiger partial charge in [-0.3, -0.25) is 4.79 Å². The number of hydrogen-bond acceptors (Lipinski definition) is 4. The number of fused-ring (bicyclic) bond motifs is 4. The number of nitrogens with zero attached hydrogens (tertiary/aromatic N) is 4. The van der Waals surface area contributed by atoms with Crippen LogP contribution in [-0.2, 0) is 16.6 Å². The minimum atomic E-state index is -0.572. The van der Waals surface area contributed by atoms with Gasteiger partial charge < -0.3 is 0 Å². The summed E-state index contributed by atoms with van der Waals surface area (Å²) >= 11 is 3.49. The van der Waals surface area contributed by atoms with Crippen molar-refractivity contribution >= 4 is 27.4 Å². The van der Waals surface area contributed by atoms with Crippen LogP contribution in [0.3, 0.4) is 0 Å². The molecule has 0 aliphatic heterocycles. The van der Waals surface area contributed by atoms with Crippen molar-refractivity contribution in [2.75, 3.05) is 0 Å². The van der Waals surface area contributed by atoms with Crippen LogP contribution in [0.25, 0.3) is 5.65 Å². The van der Waals surface area contributed by atoms with Gasteiger partial charge in [0.05, 0.1) is 21.9 Å². The van der Waals surface area contributed by atoms with Crippen molar-refractivity contribution in [3.05, 3.63) is 39.8 Å². The molecule has 0 fully saturated rings. The molecule has 5 nitrogen and oxygen atoms in total. The lowest BCUT2D eigenvalue weighted by molar-refractivity contribution is -0.128. The highest BCUT2D eigenvalue weighted by atomic mass is 79.9. The summed E-state index contributed by atoms with van der Waals surface area (Å²) in [7, 11) is 0. The highest BCUT2D eigenvalue weighted by Crippen LogP contribution is 2.54. The van der Waals surface area contributed by atoms with E-state index in [0.717, 1.165) is 34.2 Å². The molecule has 2 aliphatic carbocycles. The lowest BCUT2D eigenvalue weighted by Crippen LogP contribution is -2.51. The molecule has 0 radical (unpaired) electrons. The average molecular weight is 385 g/mol. The highest BCUT2D eigenvalue weighted by molar-refractivity contribution is 9.10. The van der Waals surface area contributed by atoms with Crippen LogP contribution in [0.15, 0.2) is 28.5 Å². The smallest absolute Gasteiger partial charge is 0.178 e. The molecule has 0 saturated heterocycles. The van der Waals surface area contributed by atoms with Gasteiger partial charge in [0.25, 0.3) is 0 Å². The van der Waals surface area contributed by atoms with Crippen molar-refractivity contribution in [1.82, 2.24) is 14.6 Å². The zero-order valence-electron chi connectivity index (χ0n) is 13.8. The zero-order valence-corrected chi connectivity index (χ0v) is 15.4. The van der Waals surface area contributed by atoms with Crippen LogP contribution in [0.4, 0.5) is 0 Å². The minimum absolute atomic E-state index is 0.0532. The number of allylic oxidation sites excluding steroid dienone is 2. The molecule has 0 bridgehead atoms. The molecule has 24 heavy (non-hydrogen) atoms. The quantitative estimate of drug-likeness (QED) is 0.697. The number of aromatic nitrogens is 3. The Morgan fingerprint density at radius 2 is 2.17 bits per heavy atom. The van der Waals surface area contributed by atoms with E-state index in [9.17, 15) is 10.1 Å². The first-order valence-corrected chi connectivity index (χ1v) is 8.79. The number of hydrogen-bond donors (Lipinski definition) is 0. The summed E-state index contributed by atoms with van der Waals surface area (Å²) in [5.74, 6) is 0.0706. The Morgan fingerprint density at radius 1 is 1.42 bits per heavy atom. The summed E-state index contributed by atoms with van der Waals surface area (Å²) in [6.07, 6.45) is 7.36. The number of carbonyl (C=O) groups excluding carboxylic acids is 1. The second-order valence-electron chi connectivity index (χ2n) is 7.47. The molecule has 2 heterocycles. The van der Waals surface area contributed by atoms with E-state index < -0.39 is 10.8 Å². The van der Waals surface area contributed by atoms with Crippen LogP contribution in [-0.4, -0.2) is 20.4 Å². The number of nitriles is 1. The third kappa shape index (κ3) is 1.82. The van der Waals surface area contributed by atoms with Crippen LogP contribution in [0.5, 0.6) is 0 Å². The summed E-state index contributed by atoms with van der Waals surface area (Å²) in [6, 6.07) is 2.10.